The molecule has 0 saturated carbocycles. The number of carboxylic acid groups (broad SMARTS) is 1. The van der Waals surface area contributed by atoms with Crippen molar-refractivity contribution in [2.24, 2.45) is 5.92 Å². The van der Waals surface area contributed by atoms with Gasteiger partial charge >= 0.3 is 5.97 Å². The first-order valence-electron chi connectivity index (χ1n) is 9.39. The zero-order valence-electron chi connectivity index (χ0n) is 15.2. The van der Waals surface area contributed by atoms with Gasteiger partial charge in [-0.05, 0) is 82.0 Å². The van der Waals surface area contributed by atoms with E-state index in [-0.39, 0.29) is 0 Å². The lowest BCUT2D eigenvalue weighted by Crippen LogP contribution is -2.33. The van der Waals surface area contributed by atoms with E-state index in [2.05, 4.69) is 23.6 Å². The van der Waals surface area contributed by atoms with Crippen molar-refractivity contribution in [3.8, 4) is 0 Å². The van der Waals surface area contributed by atoms with Crippen molar-refractivity contribution in [3.63, 3.8) is 0 Å². The van der Waals surface area contributed by atoms with Gasteiger partial charge in [-0.15, -0.1) is 0 Å². The average Bonchev–Trinajstić information content (AvgIpc) is 2.60. The lowest BCUT2D eigenvalue weighted by atomic mass is 9.92. The number of hydrogen-bond donors (Lipinski definition) is 1. The molecule has 1 aliphatic heterocycles. The van der Waals surface area contributed by atoms with Crippen LogP contribution in [0.3, 0.4) is 0 Å². The first-order chi connectivity index (χ1) is 11.6. The molecule has 134 valence electrons. The molecule has 4 heteroatoms. The van der Waals surface area contributed by atoms with Gasteiger partial charge in [-0.3, -0.25) is 4.90 Å². The zero-order valence-corrected chi connectivity index (χ0v) is 15.2. The van der Waals surface area contributed by atoms with E-state index in [0.717, 1.165) is 38.6 Å². The number of carboxylic acids is 1. The second kappa shape index (κ2) is 9.80. The Balaban J connectivity index is 1.68. The SMILES string of the molecule is CCN(CC)CCCC1CCN(Cc2ccc(C(=O)O)cc2)CC1. The predicted molar refractivity (Wildman–Crippen MR) is 98.4 cm³/mol. The van der Waals surface area contributed by atoms with Crippen molar-refractivity contribution < 1.29 is 9.90 Å². The van der Waals surface area contributed by atoms with Gasteiger partial charge in [-0.1, -0.05) is 26.0 Å². The molecule has 0 spiro atoms. The van der Waals surface area contributed by atoms with E-state index in [1.54, 1.807) is 12.1 Å². The summed E-state index contributed by atoms with van der Waals surface area (Å²) in [6.07, 6.45) is 5.28. The summed E-state index contributed by atoms with van der Waals surface area (Å²) in [6, 6.07) is 7.30. The van der Waals surface area contributed by atoms with Crippen LogP contribution in [0.15, 0.2) is 24.3 Å². The summed E-state index contributed by atoms with van der Waals surface area (Å²) < 4.78 is 0. The Hall–Kier alpha value is -1.39. The van der Waals surface area contributed by atoms with Gasteiger partial charge in [0.25, 0.3) is 0 Å². The van der Waals surface area contributed by atoms with Gasteiger partial charge < -0.3 is 10.0 Å². The Kier molecular flexibility index (Phi) is 7.73. The van der Waals surface area contributed by atoms with Crippen LogP contribution in [0, 0.1) is 5.92 Å². The lowest BCUT2D eigenvalue weighted by Gasteiger charge is -2.32. The van der Waals surface area contributed by atoms with E-state index >= 15 is 0 Å². The van der Waals surface area contributed by atoms with Crippen LogP contribution in [0.5, 0.6) is 0 Å². The summed E-state index contributed by atoms with van der Waals surface area (Å²) >= 11 is 0. The molecule has 0 atom stereocenters. The number of hydrogen-bond acceptors (Lipinski definition) is 3. The molecule has 2 rings (SSSR count). The molecular formula is C20H32N2O2. The maximum Gasteiger partial charge on any atom is 0.335 e. The first-order valence-corrected chi connectivity index (χ1v) is 9.39. The van der Waals surface area contributed by atoms with Crippen molar-refractivity contribution in [3.05, 3.63) is 35.4 Å². The van der Waals surface area contributed by atoms with Gasteiger partial charge in [0.05, 0.1) is 5.56 Å². The van der Waals surface area contributed by atoms with E-state index < -0.39 is 5.97 Å². The Bertz CT molecular complexity index is 489. The Morgan fingerprint density at radius 2 is 1.79 bits per heavy atom. The van der Waals surface area contributed by atoms with Gasteiger partial charge in [-0.25, -0.2) is 4.79 Å². The summed E-state index contributed by atoms with van der Waals surface area (Å²) in [5.74, 6) is 0.0262. The van der Waals surface area contributed by atoms with E-state index in [0.29, 0.717) is 5.56 Å². The third kappa shape index (κ3) is 5.91. The fraction of sp³-hybridized carbons (Fsp3) is 0.650. The number of rotatable bonds is 9. The second-order valence-corrected chi connectivity index (χ2v) is 6.89. The summed E-state index contributed by atoms with van der Waals surface area (Å²) in [7, 11) is 0. The van der Waals surface area contributed by atoms with E-state index in [4.69, 9.17) is 5.11 Å². The smallest absolute Gasteiger partial charge is 0.335 e. The third-order valence-electron chi connectivity index (χ3n) is 5.30. The first kappa shape index (κ1) is 18.9. The summed E-state index contributed by atoms with van der Waals surface area (Å²) in [5.41, 5.74) is 1.57. The van der Waals surface area contributed by atoms with Crippen molar-refractivity contribution in [2.75, 3.05) is 32.7 Å². The topological polar surface area (TPSA) is 43.8 Å². The largest absolute Gasteiger partial charge is 0.478 e. The molecule has 1 saturated heterocycles. The van der Waals surface area contributed by atoms with Crippen LogP contribution in [0.4, 0.5) is 0 Å². The molecule has 1 N–H and O–H groups in total. The van der Waals surface area contributed by atoms with Gasteiger partial charge in [-0.2, -0.15) is 0 Å². The summed E-state index contributed by atoms with van der Waals surface area (Å²) in [4.78, 5) is 15.9. The molecular weight excluding hydrogens is 300 g/mol. The zero-order chi connectivity index (χ0) is 17.4. The average molecular weight is 332 g/mol. The highest BCUT2D eigenvalue weighted by Gasteiger charge is 2.19. The lowest BCUT2D eigenvalue weighted by molar-refractivity contribution is 0.0697. The van der Waals surface area contributed by atoms with Crippen molar-refractivity contribution in [1.29, 1.82) is 0 Å². The van der Waals surface area contributed by atoms with E-state index in [1.165, 1.54) is 37.8 Å². The van der Waals surface area contributed by atoms with Gasteiger partial charge in [0.15, 0.2) is 0 Å². The highest BCUT2D eigenvalue weighted by Crippen LogP contribution is 2.23. The Labute approximate surface area is 146 Å². The maximum absolute atomic E-state index is 10.9. The Morgan fingerprint density at radius 1 is 1.17 bits per heavy atom. The van der Waals surface area contributed by atoms with E-state index in [9.17, 15) is 4.79 Å². The molecule has 1 aliphatic rings. The minimum Gasteiger partial charge on any atom is -0.478 e. The Morgan fingerprint density at radius 3 is 2.33 bits per heavy atom. The van der Waals surface area contributed by atoms with Crippen LogP contribution >= 0.6 is 0 Å². The third-order valence-corrected chi connectivity index (χ3v) is 5.30. The second-order valence-electron chi connectivity index (χ2n) is 6.89. The van der Waals surface area contributed by atoms with E-state index in [1.807, 2.05) is 12.1 Å². The van der Waals surface area contributed by atoms with Gasteiger partial charge in [0.1, 0.15) is 0 Å². The minimum absolute atomic E-state index is 0.366. The monoisotopic (exact) mass is 332 g/mol. The molecule has 0 bridgehead atoms. The number of benzene rings is 1. The molecule has 0 radical (unpaired) electrons. The number of carbonyl (C=O) groups is 1. The standard InChI is InChI=1S/C20H32N2O2/c1-3-21(4-2)13-5-6-17-11-14-22(15-12-17)16-18-7-9-19(10-8-18)20(23)24/h7-10,17H,3-6,11-16H2,1-2H3,(H,23,24). The van der Waals surface area contributed by atoms with Crippen molar-refractivity contribution >= 4 is 5.97 Å². The van der Waals surface area contributed by atoms with Gasteiger partial charge in [0.2, 0.25) is 0 Å². The molecule has 1 heterocycles. The molecule has 1 fully saturated rings. The molecule has 0 aromatic heterocycles. The highest BCUT2D eigenvalue weighted by molar-refractivity contribution is 5.87. The van der Waals surface area contributed by atoms with Crippen molar-refractivity contribution in [2.45, 2.75) is 46.1 Å². The molecule has 0 unspecified atom stereocenters. The van der Waals surface area contributed by atoms with Crippen LogP contribution < -0.4 is 0 Å². The fourth-order valence-electron chi connectivity index (χ4n) is 3.59. The van der Waals surface area contributed by atoms with Gasteiger partial charge in [0, 0.05) is 6.54 Å². The van der Waals surface area contributed by atoms with Crippen LogP contribution in [-0.4, -0.2) is 53.6 Å². The summed E-state index contributed by atoms with van der Waals surface area (Å²) in [6.45, 7) is 11.3. The molecule has 4 nitrogen and oxygen atoms in total. The molecule has 1 aromatic carbocycles. The molecule has 0 amide bonds. The van der Waals surface area contributed by atoms with Crippen LogP contribution in [0.1, 0.15) is 55.5 Å². The van der Waals surface area contributed by atoms with Crippen LogP contribution in [0.2, 0.25) is 0 Å². The maximum atomic E-state index is 10.9. The molecule has 0 aliphatic carbocycles. The highest BCUT2D eigenvalue weighted by atomic mass is 16.4. The quantitative estimate of drug-likeness (QED) is 0.748. The number of nitrogens with zero attached hydrogens (tertiary/aromatic N) is 2. The predicted octanol–water partition coefficient (Wildman–Crippen LogP) is 3.72. The summed E-state index contributed by atoms with van der Waals surface area (Å²) in [5, 5.41) is 8.95. The molecule has 24 heavy (non-hydrogen) atoms. The number of likely N-dealkylation sites (tertiary alicyclic amines) is 1. The minimum atomic E-state index is -0.855. The molecule has 1 aromatic rings. The number of piperidine rings is 1. The van der Waals surface area contributed by atoms with Crippen LogP contribution in [-0.2, 0) is 6.54 Å². The fourth-order valence-corrected chi connectivity index (χ4v) is 3.59. The van der Waals surface area contributed by atoms with Crippen LogP contribution in [0.25, 0.3) is 0 Å². The normalized spacial score (nSPS) is 16.6. The van der Waals surface area contributed by atoms with Crippen molar-refractivity contribution in [1.82, 2.24) is 9.80 Å². The number of aromatic carboxylic acids is 1.